The molecule has 2 aromatic rings. The third-order valence-electron chi connectivity index (χ3n) is 5.15. The lowest BCUT2D eigenvalue weighted by molar-refractivity contribution is 0.0985. The number of nitrogens with zero attached hydrogens (tertiary/aromatic N) is 2. The molecule has 0 atom stereocenters. The van der Waals surface area contributed by atoms with Gasteiger partial charge in [-0.2, -0.15) is 0 Å². The summed E-state index contributed by atoms with van der Waals surface area (Å²) in [6, 6.07) is 11.7. The summed E-state index contributed by atoms with van der Waals surface area (Å²) in [6.45, 7) is 7.03. The van der Waals surface area contributed by atoms with Gasteiger partial charge in [0, 0.05) is 24.3 Å². The average Bonchev–Trinajstić information content (AvgIpc) is 2.73. The third kappa shape index (κ3) is 5.67. The number of anilines is 1. The minimum absolute atomic E-state index is 0.0942. The maximum atomic E-state index is 13.2. The summed E-state index contributed by atoms with van der Waals surface area (Å²) in [7, 11) is 2.09. The molecule has 0 aromatic heterocycles. The molecule has 3 rings (SSSR count). The van der Waals surface area contributed by atoms with Gasteiger partial charge >= 0.3 is 0 Å². The molecule has 0 radical (unpaired) electrons. The van der Waals surface area contributed by atoms with Crippen LogP contribution in [0, 0.1) is 5.82 Å². The molecule has 5 heteroatoms. The Balaban J connectivity index is 1.58. The summed E-state index contributed by atoms with van der Waals surface area (Å²) in [4.78, 5) is 16.9. The molecule has 29 heavy (non-hydrogen) atoms. The molecule has 0 unspecified atom stereocenters. The third-order valence-corrected chi connectivity index (χ3v) is 5.15. The number of amides is 1. The number of halogens is 1. The second-order valence-electron chi connectivity index (χ2n) is 7.46. The van der Waals surface area contributed by atoms with Crippen LogP contribution in [0.4, 0.5) is 10.1 Å². The van der Waals surface area contributed by atoms with Crippen LogP contribution in [0.15, 0.2) is 55.1 Å². The van der Waals surface area contributed by atoms with Crippen molar-refractivity contribution >= 4 is 11.6 Å². The Bertz CT molecular complexity index is 835. The van der Waals surface area contributed by atoms with Gasteiger partial charge in [0.25, 0.3) is 5.91 Å². The van der Waals surface area contributed by atoms with Gasteiger partial charge in [0.1, 0.15) is 11.6 Å². The number of carbonyl (C=O) groups is 1. The van der Waals surface area contributed by atoms with Gasteiger partial charge in [0.05, 0.1) is 6.61 Å². The SMILES string of the molecule is C=CCN(C)CCCCOc1ccc2c(c1)CCCN2C(=O)c1ccc(F)cc1. The highest BCUT2D eigenvalue weighted by Gasteiger charge is 2.24. The Kier molecular flexibility index (Phi) is 7.42. The first-order valence-corrected chi connectivity index (χ1v) is 10.2. The standard InChI is InChI=1S/C24H29FN2O2/c1-3-14-26(2)15-4-5-17-29-22-12-13-23-20(18-22)7-6-16-27(23)24(28)19-8-10-21(25)11-9-19/h3,8-13,18H,1,4-7,14-17H2,2H3. The van der Waals surface area contributed by atoms with E-state index in [1.54, 1.807) is 4.90 Å². The maximum Gasteiger partial charge on any atom is 0.258 e. The van der Waals surface area contributed by atoms with Crippen molar-refractivity contribution in [3.63, 3.8) is 0 Å². The van der Waals surface area contributed by atoms with E-state index in [0.29, 0.717) is 18.7 Å². The van der Waals surface area contributed by atoms with Crippen LogP contribution in [0.1, 0.15) is 35.2 Å². The van der Waals surface area contributed by atoms with Crippen molar-refractivity contribution in [2.24, 2.45) is 0 Å². The van der Waals surface area contributed by atoms with Gasteiger partial charge in [-0.15, -0.1) is 6.58 Å². The van der Waals surface area contributed by atoms with Gasteiger partial charge in [-0.1, -0.05) is 6.08 Å². The Hall–Kier alpha value is -2.66. The molecular weight excluding hydrogens is 367 g/mol. The molecule has 1 heterocycles. The second-order valence-corrected chi connectivity index (χ2v) is 7.46. The molecule has 0 N–H and O–H groups in total. The van der Waals surface area contributed by atoms with Gasteiger partial charge in [0.2, 0.25) is 0 Å². The second kappa shape index (κ2) is 10.2. The predicted molar refractivity (Wildman–Crippen MR) is 115 cm³/mol. The van der Waals surface area contributed by atoms with E-state index in [1.807, 2.05) is 24.3 Å². The topological polar surface area (TPSA) is 32.8 Å². The van der Waals surface area contributed by atoms with Gasteiger partial charge in [-0.25, -0.2) is 4.39 Å². The molecule has 0 fully saturated rings. The summed E-state index contributed by atoms with van der Waals surface area (Å²) in [5.74, 6) is 0.414. The monoisotopic (exact) mass is 396 g/mol. The van der Waals surface area contributed by atoms with E-state index in [1.165, 1.54) is 24.3 Å². The van der Waals surface area contributed by atoms with Crippen molar-refractivity contribution in [3.8, 4) is 5.75 Å². The van der Waals surface area contributed by atoms with E-state index in [9.17, 15) is 9.18 Å². The normalized spacial score (nSPS) is 13.3. The Morgan fingerprint density at radius 3 is 2.79 bits per heavy atom. The van der Waals surface area contributed by atoms with Crippen molar-refractivity contribution in [2.45, 2.75) is 25.7 Å². The van der Waals surface area contributed by atoms with E-state index in [2.05, 4.69) is 18.5 Å². The molecule has 2 aromatic carbocycles. The van der Waals surface area contributed by atoms with E-state index in [-0.39, 0.29) is 11.7 Å². The fraction of sp³-hybridized carbons (Fsp3) is 0.375. The van der Waals surface area contributed by atoms with Crippen molar-refractivity contribution < 1.29 is 13.9 Å². The van der Waals surface area contributed by atoms with Crippen LogP contribution in [0.2, 0.25) is 0 Å². The Morgan fingerprint density at radius 2 is 2.03 bits per heavy atom. The van der Waals surface area contributed by atoms with E-state index >= 15 is 0 Å². The summed E-state index contributed by atoms with van der Waals surface area (Å²) < 4.78 is 19.1. The number of fused-ring (bicyclic) bond motifs is 1. The number of hydrogen-bond acceptors (Lipinski definition) is 3. The highest BCUT2D eigenvalue weighted by molar-refractivity contribution is 6.06. The first kappa shape index (κ1) is 21.1. The maximum absolute atomic E-state index is 13.2. The molecule has 1 amide bonds. The van der Waals surface area contributed by atoms with Gasteiger partial charge < -0.3 is 14.5 Å². The number of benzene rings is 2. The number of aryl methyl sites for hydroxylation is 1. The number of hydrogen-bond donors (Lipinski definition) is 0. The summed E-state index contributed by atoms with van der Waals surface area (Å²) in [6.07, 6.45) is 5.81. The summed E-state index contributed by atoms with van der Waals surface area (Å²) in [5, 5.41) is 0. The van der Waals surface area contributed by atoms with Crippen molar-refractivity contribution in [1.29, 1.82) is 0 Å². The molecule has 0 saturated heterocycles. The number of rotatable bonds is 9. The first-order valence-electron chi connectivity index (χ1n) is 10.2. The van der Waals surface area contributed by atoms with Gasteiger partial charge in [-0.3, -0.25) is 4.79 Å². The highest BCUT2D eigenvalue weighted by Crippen LogP contribution is 2.31. The minimum atomic E-state index is -0.338. The molecular formula is C24H29FN2O2. The molecule has 0 aliphatic carbocycles. The zero-order chi connectivity index (χ0) is 20.6. The summed E-state index contributed by atoms with van der Waals surface area (Å²) >= 11 is 0. The van der Waals surface area contributed by atoms with Gasteiger partial charge in [-0.05, 0) is 87.3 Å². The average molecular weight is 397 g/mol. The first-order chi connectivity index (χ1) is 14.1. The van der Waals surface area contributed by atoms with Crippen LogP contribution in [0.5, 0.6) is 5.75 Å². The molecule has 0 bridgehead atoms. The Morgan fingerprint density at radius 1 is 1.24 bits per heavy atom. The van der Waals surface area contributed by atoms with Crippen molar-refractivity contribution in [3.05, 3.63) is 72.1 Å². The van der Waals surface area contributed by atoms with Crippen LogP contribution >= 0.6 is 0 Å². The molecule has 1 aliphatic heterocycles. The van der Waals surface area contributed by atoms with Crippen molar-refractivity contribution in [2.75, 3.05) is 38.2 Å². The van der Waals surface area contributed by atoms with Gasteiger partial charge in [0.15, 0.2) is 0 Å². The largest absolute Gasteiger partial charge is 0.494 e. The number of ether oxygens (including phenoxy) is 1. The summed E-state index contributed by atoms with van der Waals surface area (Å²) in [5.41, 5.74) is 2.54. The van der Waals surface area contributed by atoms with E-state index in [0.717, 1.165) is 55.8 Å². The lowest BCUT2D eigenvalue weighted by atomic mass is 10.0. The molecule has 154 valence electrons. The molecule has 0 saturated carbocycles. The fourth-order valence-electron chi connectivity index (χ4n) is 3.61. The van der Waals surface area contributed by atoms with Crippen LogP contribution in [-0.2, 0) is 6.42 Å². The van der Waals surface area contributed by atoms with Crippen LogP contribution in [0.25, 0.3) is 0 Å². The van der Waals surface area contributed by atoms with Crippen LogP contribution in [0.3, 0.4) is 0 Å². The quantitative estimate of drug-likeness (QED) is 0.455. The zero-order valence-corrected chi connectivity index (χ0v) is 17.1. The highest BCUT2D eigenvalue weighted by atomic mass is 19.1. The van der Waals surface area contributed by atoms with Crippen molar-refractivity contribution in [1.82, 2.24) is 4.90 Å². The van der Waals surface area contributed by atoms with Crippen LogP contribution in [-0.4, -0.2) is 44.1 Å². The van der Waals surface area contributed by atoms with E-state index < -0.39 is 0 Å². The molecule has 0 spiro atoms. The smallest absolute Gasteiger partial charge is 0.258 e. The number of carbonyl (C=O) groups excluding carboxylic acids is 1. The lowest BCUT2D eigenvalue weighted by Gasteiger charge is -2.30. The molecule has 4 nitrogen and oxygen atoms in total. The number of likely N-dealkylation sites (N-methyl/N-ethyl adjacent to an activating group) is 1. The Labute approximate surface area is 172 Å². The zero-order valence-electron chi connectivity index (χ0n) is 17.1. The lowest BCUT2D eigenvalue weighted by Crippen LogP contribution is -2.35. The predicted octanol–water partition coefficient (Wildman–Crippen LogP) is 4.70. The minimum Gasteiger partial charge on any atom is -0.494 e. The number of unbranched alkanes of at least 4 members (excludes halogenated alkanes) is 1. The fourth-order valence-corrected chi connectivity index (χ4v) is 3.61. The van der Waals surface area contributed by atoms with E-state index in [4.69, 9.17) is 4.74 Å². The molecule has 1 aliphatic rings. The van der Waals surface area contributed by atoms with Crippen LogP contribution < -0.4 is 9.64 Å².